The highest BCUT2D eigenvalue weighted by atomic mass is 32.2. The van der Waals surface area contributed by atoms with Gasteiger partial charge in [0.05, 0.1) is 12.5 Å². The first kappa shape index (κ1) is 10.3. The van der Waals surface area contributed by atoms with E-state index in [0.717, 1.165) is 16.2 Å². The van der Waals surface area contributed by atoms with Crippen molar-refractivity contribution >= 4 is 29.1 Å². The Morgan fingerprint density at radius 2 is 2.47 bits per heavy atom. The van der Waals surface area contributed by atoms with Gasteiger partial charge >= 0.3 is 5.97 Å². The van der Waals surface area contributed by atoms with E-state index in [1.807, 2.05) is 11.4 Å². The lowest BCUT2D eigenvalue weighted by Crippen LogP contribution is -1.89. The van der Waals surface area contributed by atoms with E-state index in [2.05, 4.69) is 0 Å². The molecule has 15 heavy (non-hydrogen) atoms. The monoisotopic (exact) mass is 240 g/mol. The molecule has 0 unspecified atom stereocenters. The Bertz CT molecular complexity index is 445. The normalized spacial score (nSPS) is 10.4. The summed E-state index contributed by atoms with van der Waals surface area (Å²) in [5.74, 6) is -0.0677. The zero-order valence-corrected chi connectivity index (χ0v) is 9.31. The zero-order valence-electron chi connectivity index (χ0n) is 7.67. The molecular weight excluding hydrogens is 232 g/mol. The van der Waals surface area contributed by atoms with Crippen LogP contribution in [0.5, 0.6) is 0 Å². The fraction of sp³-hybridized carbons (Fsp3) is 0.100. The van der Waals surface area contributed by atoms with Crippen LogP contribution in [0.15, 0.2) is 39.4 Å². The Kier molecular flexibility index (Phi) is 3.13. The summed E-state index contributed by atoms with van der Waals surface area (Å²) in [6, 6.07) is 3.59. The first-order valence-electron chi connectivity index (χ1n) is 4.21. The van der Waals surface area contributed by atoms with E-state index in [9.17, 15) is 4.79 Å². The van der Waals surface area contributed by atoms with Gasteiger partial charge in [0, 0.05) is 21.6 Å². The third-order valence-corrected chi connectivity index (χ3v) is 3.89. The van der Waals surface area contributed by atoms with Gasteiger partial charge in [-0.15, -0.1) is 23.1 Å². The van der Waals surface area contributed by atoms with Gasteiger partial charge in [-0.25, -0.2) is 4.79 Å². The van der Waals surface area contributed by atoms with Gasteiger partial charge in [-0.2, -0.15) is 0 Å². The van der Waals surface area contributed by atoms with E-state index in [1.54, 1.807) is 30.4 Å². The smallest absolute Gasteiger partial charge is 0.345 e. The average Bonchev–Trinajstić information content (AvgIpc) is 2.86. The van der Waals surface area contributed by atoms with Crippen molar-refractivity contribution in [3.63, 3.8) is 0 Å². The van der Waals surface area contributed by atoms with Crippen molar-refractivity contribution in [1.29, 1.82) is 0 Å². The summed E-state index contributed by atoms with van der Waals surface area (Å²) in [6.07, 6.45) is 3.32. The quantitative estimate of drug-likeness (QED) is 0.833. The predicted octanol–water partition coefficient (Wildman–Crippen LogP) is 3.33. The van der Waals surface area contributed by atoms with Crippen molar-refractivity contribution in [3.05, 3.63) is 40.5 Å². The third-order valence-electron chi connectivity index (χ3n) is 1.77. The highest BCUT2D eigenvalue weighted by Gasteiger charge is 2.07. The topological polar surface area (TPSA) is 50.4 Å². The second kappa shape index (κ2) is 4.55. The molecule has 1 N–H and O–H groups in total. The molecule has 0 atom stereocenters. The van der Waals surface area contributed by atoms with E-state index in [-0.39, 0.29) is 0 Å². The number of thioether (sulfide) groups is 1. The van der Waals surface area contributed by atoms with Crippen LogP contribution in [0.1, 0.15) is 15.2 Å². The van der Waals surface area contributed by atoms with Gasteiger partial charge in [-0.1, -0.05) is 0 Å². The summed E-state index contributed by atoms with van der Waals surface area (Å²) in [6.45, 7) is 0. The maximum absolute atomic E-state index is 10.6. The minimum atomic E-state index is -0.866. The van der Waals surface area contributed by atoms with Crippen LogP contribution in [0.4, 0.5) is 0 Å². The second-order valence-corrected chi connectivity index (χ2v) is 4.83. The number of hydrogen-bond acceptors (Lipinski definition) is 4. The maximum atomic E-state index is 10.6. The summed E-state index contributed by atoms with van der Waals surface area (Å²) < 4.78 is 4.94. The Balaban J connectivity index is 1.96. The highest BCUT2D eigenvalue weighted by Crippen LogP contribution is 2.27. The molecule has 0 spiro atoms. The van der Waals surface area contributed by atoms with Crippen molar-refractivity contribution in [2.24, 2.45) is 0 Å². The van der Waals surface area contributed by atoms with Crippen LogP contribution < -0.4 is 0 Å². The van der Waals surface area contributed by atoms with Crippen LogP contribution in [-0.4, -0.2) is 11.1 Å². The fourth-order valence-corrected chi connectivity index (χ4v) is 2.84. The molecule has 0 amide bonds. The van der Waals surface area contributed by atoms with Crippen LogP contribution in [0.2, 0.25) is 0 Å². The van der Waals surface area contributed by atoms with Crippen molar-refractivity contribution in [3.8, 4) is 0 Å². The molecule has 0 saturated heterocycles. The maximum Gasteiger partial charge on any atom is 0.345 e. The molecule has 2 aromatic heterocycles. The first-order chi connectivity index (χ1) is 7.25. The zero-order chi connectivity index (χ0) is 10.7. The predicted molar refractivity (Wildman–Crippen MR) is 59.5 cm³/mol. The summed E-state index contributed by atoms with van der Waals surface area (Å²) in [5.41, 5.74) is 1.10. The van der Waals surface area contributed by atoms with Crippen molar-refractivity contribution in [2.45, 2.75) is 10.6 Å². The molecule has 3 nitrogen and oxygen atoms in total. The van der Waals surface area contributed by atoms with Gasteiger partial charge in [0.2, 0.25) is 0 Å². The standard InChI is InChI=1S/C10H8O3S2/c11-10(12)9-3-8(6-15-9)14-5-7-1-2-13-4-7/h1-4,6H,5H2,(H,11,12). The Morgan fingerprint density at radius 1 is 1.60 bits per heavy atom. The molecule has 0 saturated carbocycles. The van der Waals surface area contributed by atoms with E-state index in [4.69, 9.17) is 9.52 Å². The minimum Gasteiger partial charge on any atom is -0.477 e. The van der Waals surface area contributed by atoms with Crippen LogP contribution >= 0.6 is 23.1 Å². The molecule has 0 bridgehead atoms. The average molecular weight is 240 g/mol. The molecule has 78 valence electrons. The van der Waals surface area contributed by atoms with E-state index < -0.39 is 5.97 Å². The van der Waals surface area contributed by atoms with E-state index >= 15 is 0 Å². The van der Waals surface area contributed by atoms with Gasteiger partial charge in [0.25, 0.3) is 0 Å². The Labute approximate surface area is 94.7 Å². The van der Waals surface area contributed by atoms with E-state index in [0.29, 0.717) is 4.88 Å². The van der Waals surface area contributed by atoms with Crippen LogP contribution in [0.3, 0.4) is 0 Å². The number of hydrogen-bond donors (Lipinski definition) is 1. The summed E-state index contributed by atoms with van der Waals surface area (Å²) in [4.78, 5) is 12.0. The van der Waals surface area contributed by atoms with Gasteiger partial charge in [0.15, 0.2) is 0 Å². The lowest BCUT2D eigenvalue weighted by Gasteiger charge is -1.93. The fourth-order valence-electron chi connectivity index (χ4n) is 1.05. The molecule has 0 aliphatic carbocycles. The molecule has 0 aromatic carbocycles. The van der Waals surface area contributed by atoms with Gasteiger partial charge in [0.1, 0.15) is 4.88 Å². The van der Waals surface area contributed by atoms with Crippen molar-refractivity contribution in [2.75, 3.05) is 0 Å². The number of furan rings is 1. The van der Waals surface area contributed by atoms with Crippen molar-refractivity contribution < 1.29 is 14.3 Å². The second-order valence-electron chi connectivity index (χ2n) is 2.87. The minimum absolute atomic E-state index is 0.379. The number of rotatable bonds is 4. The van der Waals surface area contributed by atoms with E-state index in [1.165, 1.54) is 11.3 Å². The Hall–Kier alpha value is -1.20. The third kappa shape index (κ3) is 2.64. The van der Waals surface area contributed by atoms with Gasteiger partial charge < -0.3 is 9.52 Å². The van der Waals surface area contributed by atoms with Crippen LogP contribution in [0.25, 0.3) is 0 Å². The molecule has 2 heterocycles. The highest BCUT2D eigenvalue weighted by molar-refractivity contribution is 7.98. The number of aromatic carboxylic acids is 1. The molecule has 0 radical (unpaired) electrons. The lowest BCUT2D eigenvalue weighted by atomic mass is 10.4. The molecular formula is C10H8O3S2. The molecule has 0 fully saturated rings. The Morgan fingerprint density at radius 3 is 3.07 bits per heavy atom. The molecule has 0 aliphatic heterocycles. The summed E-state index contributed by atoms with van der Waals surface area (Å²) in [7, 11) is 0. The number of carboxylic acids is 1. The summed E-state index contributed by atoms with van der Waals surface area (Å²) >= 11 is 2.85. The van der Waals surface area contributed by atoms with Crippen LogP contribution in [0, 0.1) is 0 Å². The number of thiophene rings is 1. The molecule has 2 rings (SSSR count). The molecule has 5 heteroatoms. The summed E-state index contributed by atoms with van der Waals surface area (Å²) in [5, 5.41) is 10.6. The largest absolute Gasteiger partial charge is 0.477 e. The number of carbonyl (C=O) groups is 1. The lowest BCUT2D eigenvalue weighted by molar-refractivity contribution is 0.0702. The SMILES string of the molecule is O=C(O)c1cc(SCc2ccoc2)cs1. The van der Waals surface area contributed by atoms with Crippen molar-refractivity contribution in [1.82, 2.24) is 0 Å². The molecule has 0 aliphatic rings. The number of carboxylic acid groups (broad SMARTS) is 1. The van der Waals surface area contributed by atoms with Gasteiger partial charge in [-0.05, 0) is 12.1 Å². The van der Waals surface area contributed by atoms with Crippen LogP contribution in [-0.2, 0) is 5.75 Å². The van der Waals surface area contributed by atoms with Gasteiger partial charge in [-0.3, -0.25) is 0 Å². The molecule has 2 aromatic rings. The first-order valence-corrected chi connectivity index (χ1v) is 6.08.